The van der Waals surface area contributed by atoms with Crippen LogP contribution in [0.1, 0.15) is 43.2 Å². The van der Waals surface area contributed by atoms with Crippen LogP contribution in [0.15, 0.2) is 42.6 Å². The molecule has 2 aromatic heterocycles. The molecule has 3 heterocycles. The van der Waals surface area contributed by atoms with Gasteiger partial charge in [0.15, 0.2) is 6.61 Å². The molecule has 0 bridgehead atoms. The number of aliphatic hydroxyl groups is 1. The molecule has 2 aliphatic rings. The summed E-state index contributed by atoms with van der Waals surface area (Å²) in [6, 6.07) is 11.9. The topological polar surface area (TPSA) is 106 Å². The smallest absolute Gasteiger partial charge is 0.262 e. The number of amides is 1. The van der Waals surface area contributed by atoms with Gasteiger partial charge in [-0.2, -0.15) is 0 Å². The standard InChI is InChI=1S/C26H30N4O4/c1-33-24-5-3-20-25(30-24)18(9-13-27-20)6-10-26(32)11-7-19(8-12-26)28-15-17-2-4-22-21(14-17)29-23(31)16-34-22/h2-5,9,13-14,19,28,32H,6-8,10-12,15-16H2,1H3,(H,29,31)/t19-,26+. The number of methoxy groups -OCH3 is 1. The average molecular weight is 463 g/mol. The quantitative estimate of drug-likeness (QED) is 0.494. The highest BCUT2D eigenvalue weighted by molar-refractivity contribution is 5.95. The van der Waals surface area contributed by atoms with Crippen LogP contribution in [0.2, 0.25) is 0 Å². The maximum atomic E-state index is 11.6. The number of anilines is 1. The predicted molar refractivity (Wildman–Crippen MR) is 129 cm³/mol. The van der Waals surface area contributed by atoms with Crippen molar-refractivity contribution >= 4 is 22.6 Å². The first-order chi connectivity index (χ1) is 16.5. The van der Waals surface area contributed by atoms with Crippen molar-refractivity contribution in [2.45, 2.75) is 56.7 Å². The number of benzene rings is 1. The van der Waals surface area contributed by atoms with Gasteiger partial charge in [0.25, 0.3) is 5.91 Å². The number of aromatic nitrogens is 2. The number of rotatable bonds is 7. The zero-order chi connectivity index (χ0) is 23.5. The van der Waals surface area contributed by atoms with Crippen molar-refractivity contribution in [3.05, 3.63) is 53.7 Å². The molecule has 34 heavy (non-hydrogen) atoms. The molecular formula is C26H30N4O4. The molecule has 1 aliphatic carbocycles. The van der Waals surface area contributed by atoms with Gasteiger partial charge in [0.2, 0.25) is 5.88 Å². The summed E-state index contributed by atoms with van der Waals surface area (Å²) in [7, 11) is 1.61. The summed E-state index contributed by atoms with van der Waals surface area (Å²) in [5.74, 6) is 1.15. The van der Waals surface area contributed by atoms with Crippen molar-refractivity contribution in [3.8, 4) is 11.6 Å². The van der Waals surface area contributed by atoms with E-state index in [1.807, 2.05) is 36.4 Å². The fourth-order valence-electron chi connectivity index (χ4n) is 4.86. The number of hydrogen-bond acceptors (Lipinski definition) is 7. The molecule has 1 saturated carbocycles. The lowest BCUT2D eigenvalue weighted by Gasteiger charge is -2.36. The molecule has 8 nitrogen and oxygen atoms in total. The highest BCUT2D eigenvalue weighted by Crippen LogP contribution is 2.34. The van der Waals surface area contributed by atoms with Crippen molar-refractivity contribution in [3.63, 3.8) is 0 Å². The number of pyridine rings is 2. The summed E-state index contributed by atoms with van der Waals surface area (Å²) in [6.45, 7) is 0.778. The van der Waals surface area contributed by atoms with Crippen LogP contribution in [0.4, 0.5) is 5.69 Å². The molecule has 0 atom stereocenters. The maximum absolute atomic E-state index is 11.6. The van der Waals surface area contributed by atoms with Crippen LogP contribution < -0.4 is 20.1 Å². The van der Waals surface area contributed by atoms with E-state index in [9.17, 15) is 9.90 Å². The van der Waals surface area contributed by atoms with Gasteiger partial charge in [-0.15, -0.1) is 0 Å². The third-order valence-corrected chi connectivity index (χ3v) is 6.90. The summed E-state index contributed by atoms with van der Waals surface area (Å²) in [5, 5.41) is 17.7. The second kappa shape index (κ2) is 9.56. The van der Waals surface area contributed by atoms with Crippen molar-refractivity contribution in [1.29, 1.82) is 0 Å². The molecule has 1 fully saturated rings. The Labute approximate surface area is 198 Å². The van der Waals surface area contributed by atoms with Crippen LogP contribution in [-0.4, -0.2) is 46.3 Å². The van der Waals surface area contributed by atoms with E-state index < -0.39 is 5.60 Å². The first kappa shape index (κ1) is 22.6. The number of aryl methyl sites for hydroxylation is 1. The molecule has 1 aliphatic heterocycles. The van der Waals surface area contributed by atoms with Crippen molar-refractivity contribution in [1.82, 2.24) is 15.3 Å². The Bertz CT molecular complexity index is 1190. The number of fused-ring (bicyclic) bond motifs is 2. The van der Waals surface area contributed by atoms with Gasteiger partial charge < -0.3 is 25.2 Å². The Morgan fingerprint density at radius 1 is 1.24 bits per heavy atom. The van der Waals surface area contributed by atoms with Gasteiger partial charge in [-0.25, -0.2) is 4.98 Å². The van der Waals surface area contributed by atoms with Crippen LogP contribution in [0.25, 0.3) is 11.0 Å². The van der Waals surface area contributed by atoms with Gasteiger partial charge in [-0.3, -0.25) is 9.78 Å². The molecule has 178 valence electrons. The number of nitrogens with one attached hydrogen (secondary N) is 2. The van der Waals surface area contributed by atoms with E-state index in [1.54, 1.807) is 13.3 Å². The largest absolute Gasteiger partial charge is 0.482 e. The Kier molecular flexibility index (Phi) is 6.34. The summed E-state index contributed by atoms with van der Waals surface area (Å²) in [6.07, 6.45) is 6.61. The fraction of sp³-hybridized carbons (Fsp3) is 0.423. The van der Waals surface area contributed by atoms with Crippen molar-refractivity contribution in [2.75, 3.05) is 19.0 Å². The van der Waals surface area contributed by atoms with E-state index in [0.717, 1.165) is 60.0 Å². The molecule has 1 aromatic carbocycles. The minimum atomic E-state index is -0.667. The Hall–Kier alpha value is -3.23. The van der Waals surface area contributed by atoms with Crippen LogP contribution in [0.5, 0.6) is 11.6 Å². The van der Waals surface area contributed by atoms with Gasteiger partial charge in [-0.1, -0.05) is 6.07 Å². The Balaban J connectivity index is 1.14. The molecule has 0 saturated heterocycles. The van der Waals surface area contributed by atoms with Gasteiger partial charge in [0.1, 0.15) is 5.75 Å². The maximum Gasteiger partial charge on any atom is 0.262 e. The van der Waals surface area contributed by atoms with Gasteiger partial charge in [-0.05, 0) is 73.9 Å². The zero-order valence-corrected chi connectivity index (χ0v) is 19.3. The van der Waals surface area contributed by atoms with Crippen molar-refractivity contribution < 1.29 is 19.4 Å². The minimum absolute atomic E-state index is 0.0671. The lowest BCUT2D eigenvalue weighted by atomic mass is 9.78. The van der Waals surface area contributed by atoms with Crippen LogP contribution in [0, 0.1) is 0 Å². The number of carbonyl (C=O) groups excluding carboxylic acids is 1. The Morgan fingerprint density at radius 3 is 2.91 bits per heavy atom. The SMILES string of the molecule is COc1ccc2nccc(CC[C@]3(O)CC[C@@H](NCc4ccc5c(c4)NC(=O)CO5)CC3)c2n1. The molecule has 1 amide bonds. The summed E-state index contributed by atoms with van der Waals surface area (Å²) in [5.41, 5.74) is 3.92. The fourth-order valence-corrected chi connectivity index (χ4v) is 4.86. The molecule has 0 spiro atoms. The summed E-state index contributed by atoms with van der Waals surface area (Å²) < 4.78 is 10.7. The van der Waals surface area contributed by atoms with E-state index in [2.05, 4.69) is 20.6 Å². The molecule has 5 rings (SSSR count). The van der Waals surface area contributed by atoms with Gasteiger partial charge >= 0.3 is 0 Å². The second-order valence-corrected chi connectivity index (χ2v) is 9.24. The Morgan fingerprint density at radius 2 is 2.09 bits per heavy atom. The zero-order valence-electron chi connectivity index (χ0n) is 19.3. The number of carbonyl (C=O) groups is 1. The molecule has 0 radical (unpaired) electrons. The number of ether oxygens (including phenoxy) is 2. The third kappa shape index (κ3) is 4.98. The predicted octanol–water partition coefficient (Wildman–Crippen LogP) is 3.37. The van der Waals surface area contributed by atoms with Crippen LogP contribution in [0.3, 0.4) is 0 Å². The first-order valence-electron chi connectivity index (χ1n) is 11.8. The lowest BCUT2D eigenvalue weighted by Crippen LogP contribution is -2.41. The molecule has 3 N–H and O–H groups in total. The van der Waals surface area contributed by atoms with E-state index in [4.69, 9.17) is 9.47 Å². The van der Waals surface area contributed by atoms with E-state index in [-0.39, 0.29) is 12.5 Å². The minimum Gasteiger partial charge on any atom is -0.482 e. The second-order valence-electron chi connectivity index (χ2n) is 9.24. The van der Waals surface area contributed by atoms with E-state index >= 15 is 0 Å². The van der Waals surface area contributed by atoms with Gasteiger partial charge in [0, 0.05) is 24.8 Å². The van der Waals surface area contributed by atoms with Crippen LogP contribution >= 0.6 is 0 Å². The molecular weight excluding hydrogens is 432 g/mol. The van der Waals surface area contributed by atoms with E-state index in [1.165, 1.54) is 0 Å². The summed E-state index contributed by atoms with van der Waals surface area (Å²) in [4.78, 5) is 20.5. The lowest BCUT2D eigenvalue weighted by molar-refractivity contribution is -0.118. The highest BCUT2D eigenvalue weighted by Gasteiger charge is 2.33. The first-order valence-corrected chi connectivity index (χ1v) is 11.8. The molecule has 3 aromatic rings. The van der Waals surface area contributed by atoms with E-state index in [0.29, 0.717) is 30.6 Å². The normalized spacial score (nSPS) is 22.1. The molecule has 8 heteroatoms. The van der Waals surface area contributed by atoms with Gasteiger partial charge in [0.05, 0.1) is 29.4 Å². The monoisotopic (exact) mass is 462 g/mol. The van der Waals surface area contributed by atoms with Crippen molar-refractivity contribution in [2.24, 2.45) is 0 Å². The number of hydrogen-bond donors (Lipinski definition) is 3. The van der Waals surface area contributed by atoms with Crippen LogP contribution in [-0.2, 0) is 17.8 Å². The average Bonchev–Trinajstić information content (AvgIpc) is 2.86. The number of nitrogens with zero attached hydrogens (tertiary/aromatic N) is 2. The highest BCUT2D eigenvalue weighted by atomic mass is 16.5. The molecule has 0 unspecified atom stereocenters. The summed E-state index contributed by atoms with van der Waals surface area (Å²) >= 11 is 0. The third-order valence-electron chi connectivity index (χ3n) is 6.90.